The van der Waals surface area contributed by atoms with E-state index in [1.54, 1.807) is 13.0 Å². The number of carbonyl (C=O) groups excluding carboxylic acids is 1. The predicted octanol–water partition coefficient (Wildman–Crippen LogP) is 3.65. The Kier molecular flexibility index (Phi) is 4.45. The predicted molar refractivity (Wildman–Crippen MR) is 80.3 cm³/mol. The zero-order chi connectivity index (χ0) is 15.6. The number of carboxylic acids is 1. The number of hydrogen-bond acceptors (Lipinski definition) is 3. The van der Waals surface area contributed by atoms with Crippen LogP contribution in [-0.4, -0.2) is 22.0 Å². The monoisotopic (exact) mass is 324 g/mol. The molecule has 0 aliphatic carbocycles. The van der Waals surface area contributed by atoms with E-state index in [0.29, 0.717) is 11.3 Å². The van der Waals surface area contributed by atoms with Gasteiger partial charge in [-0.15, -0.1) is 0 Å². The minimum absolute atomic E-state index is 0.00638. The van der Waals surface area contributed by atoms with Gasteiger partial charge in [-0.05, 0) is 31.2 Å². The second-order valence-electron chi connectivity index (χ2n) is 4.22. The molecule has 0 aliphatic rings. The molecule has 0 radical (unpaired) electrons. The van der Waals surface area contributed by atoms with Crippen molar-refractivity contribution in [3.8, 4) is 0 Å². The average Bonchev–Trinajstić information content (AvgIpc) is 2.42. The number of pyridine rings is 1. The highest BCUT2D eigenvalue weighted by Gasteiger charge is 2.20. The van der Waals surface area contributed by atoms with Crippen molar-refractivity contribution >= 4 is 40.8 Å². The molecule has 7 heteroatoms. The van der Waals surface area contributed by atoms with Crippen molar-refractivity contribution in [3.05, 3.63) is 57.3 Å². The van der Waals surface area contributed by atoms with E-state index in [1.807, 2.05) is 0 Å². The Bertz CT molecular complexity index is 732. The summed E-state index contributed by atoms with van der Waals surface area (Å²) in [6.07, 6.45) is 1.49. The van der Waals surface area contributed by atoms with E-state index in [1.165, 1.54) is 24.4 Å². The number of carboxylic acid groups (broad SMARTS) is 1. The molecule has 2 aromatic rings. The third-order valence-corrected chi connectivity index (χ3v) is 3.34. The van der Waals surface area contributed by atoms with Crippen molar-refractivity contribution in [2.24, 2.45) is 0 Å². The Labute approximate surface area is 130 Å². The number of benzene rings is 1. The standard InChI is InChI=1S/C14H10Cl2N2O3/c1-7-6-8(4-5-17-7)13(19)18-12-10(16)3-2-9(15)11(12)14(20)21/h2-6H,1H3,(H,18,19)(H,20,21). The Morgan fingerprint density at radius 1 is 1.19 bits per heavy atom. The number of amides is 1. The molecule has 5 nitrogen and oxygen atoms in total. The first kappa shape index (κ1) is 15.3. The third-order valence-electron chi connectivity index (χ3n) is 2.71. The van der Waals surface area contributed by atoms with Gasteiger partial charge in [-0.1, -0.05) is 23.2 Å². The van der Waals surface area contributed by atoms with Crippen LogP contribution in [0.3, 0.4) is 0 Å². The Morgan fingerprint density at radius 2 is 1.86 bits per heavy atom. The molecule has 0 saturated carbocycles. The summed E-state index contributed by atoms with van der Waals surface area (Å²) < 4.78 is 0. The zero-order valence-electron chi connectivity index (χ0n) is 10.9. The molecule has 0 aliphatic heterocycles. The van der Waals surface area contributed by atoms with Crippen molar-refractivity contribution < 1.29 is 14.7 Å². The molecule has 0 fully saturated rings. The number of rotatable bonds is 3. The number of aromatic nitrogens is 1. The van der Waals surface area contributed by atoms with Crippen molar-refractivity contribution in [2.75, 3.05) is 5.32 Å². The van der Waals surface area contributed by atoms with Gasteiger partial charge in [-0.3, -0.25) is 9.78 Å². The van der Waals surface area contributed by atoms with Crippen molar-refractivity contribution in [2.45, 2.75) is 6.92 Å². The lowest BCUT2D eigenvalue weighted by Crippen LogP contribution is -2.16. The first-order chi connectivity index (χ1) is 9.90. The van der Waals surface area contributed by atoms with Crippen molar-refractivity contribution in [1.29, 1.82) is 0 Å². The summed E-state index contributed by atoms with van der Waals surface area (Å²) in [6.45, 7) is 1.74. The quantitative estimate of drug-likeness (QED) is 0.903. The molecular weight excluding hydrogens is 315 g/mol. The van der Waals surface area contributed by atoms with E-state index in [2.05, 4.69) is 10.3 Å². The minimum atomic E-state index is -1.27. The van der Waals surface area contributed by atoms with Crippen LogP contribution in [0.5, 0.6) is 0 Å². The van der Waals surface area contributed by atoms with Gasteiger partial charge in [-0.2, -0.15) is 0 Å². The summed E-state index contributed by atoms with van der Waals surface area (Å²) >= 11 is 11.8. The van der Waals surface area contributed by atoms with Gasteiger partial charge in [0.05, 0.1) is 15.7 Å². The molecule has 2 N–H and O–H groups in total. The van der Waals surface area contributed by atoms with Gasteiger partial charge in [0, 0.05) is 17.5 Å². The number of carbonyl (C=O) groups is 2. The van der Waals surface area contributed by atoms with E-state index >= 15 is 0 Å². The van der Waals surface area contributed by atoms with Crippen LogP contribution in [0.15, 0.2) is 30.5 Å². The number of aromatic carboxylic acids is 1. The van der Waals surface area contributed by atoms with Crippen LogP contribution in [0, 0.1) is 6.92 Å². The highest BCUT2D eigenvalue weighted by Crippen LogP contribution is 2.32. The van der Waals surface area contributed by atoms with E-state index in [-0.39, 0.29) is 21.3 Å². The number of hydrogen-bond donors (Lipinski definition) is 2. The molecule has 1 amide bonds. The lowest BCUT2D eigenvalue weighted by Gasteiger charge is -2.12. The fourth-order valence-corrected chi connectivity index (χ4v) is 2.20. The fraction of sp³-hybridized carbons (Fsp3) is 0.0714. The molecular formula is C14H10Cl2N2O3. The van der Waals surface area contributed by atoms with Crippen LogP contribution in [0.25, 0.3) is 0 Å². The van der Waals surface area contributed by atoms with Gasteiger partial charge < -0.3 is 10.4 Å². The fourth-order valence-electron chi connectivity index (χ4n) is 1.76. The Hall–Kier alpha value is -2.11. The number of nitrogens with one attached hydrogen (secondary N) is 1. The summed E-state index contributed by atoms with van der Waals surface area (Å²) in [6, 6.07) is 5.87. The lowest BCUT2D eigenvalue weighted by molar-refractivity contribution is 0.0698. The largest absolute Gasteiger partial charge is 0.478 e. The maximum absolute atomic E-state index is 12.2. The Balaban J connectivity index is 2.42. The summed E-state index contributed by atoms with van der Waals surface area (Å²) in [4.78, 5) is 27.4. The second kappa shape index (κ2) is 6.11. The molecule has 1 aromatic heterocycles. The molecule has 0 unspecified atom stereocenters. The molecule has 0 spiro atoms. The normalized spacial score (nSPS) is 10.2. The first-order valence-electron chi connectivity index (χ1n) is 5.85. The first-order valence-corrected chi connectivity index (χ1v) is 6.61. The van der Waals surface area contributed by atoms with Gasteiger partial charge in [0.15, 0.2) is 0 Å². The molecule has 1 heterocycles. The highest BCUT2D eigenvalue weighted by atomic mass is 35.5. The molecule has 1 aromatic carbocycles. The maximum Gasteiger partial charge on any atom is 0.339 e. The van der Waals surface area contributed by atoms with E-state index < -0.39 is 11.9 Å². The summed E-state index contributed by atoms with van der Waals surface area (Å²) in [5, 5.41) is 11.8. The molecule has 108 valence electrons. The lowest BCUT2D eigenvalue weighted by atomic mass is 10.1. The van der Waals surface area contributed by atoms with Crippen LogP contribution < -0.4 is 5.32 Å². The number of halogens is 2. The SMILES string of the molecule is Cc1cc(C(=O)Nc2c(Cl)ccc(Cl)c2C(=O)O)ccn1. The maximum atomic E-state index is 12.2. The van der Waals surface area contributed by atoms with E-state index in [0.717, 1.165) is 0 Å². The van der Waals surface area contributed by atoms with E-state index in [9.17, 15) is 14.7 Å². The smallest absolute Gasteiger partial charge is 0.339 e. The topological polar surface area (TPSA) is 79.3 Å². The van der Waals surface area contributed by atoms with E-state index in [4.69, 9.17) is 23.2 Å². The molecule has 2 rings (SSSR count). The number of anilines is 1. The van der Waals surface area contributed by atoms with Gasteiger partial charge in [-0.25, -0.2) is 4.79 Å². The minimum Gasteiger partial charge on any atom is -0.478 e. The number of aryl methyl sites for hydroxylation is 1. The van der Waals surface area contributed by atoms with Gasteiger partial charge in [0.1, 0.15) is 5.56 Å². The summed E-state index contributed by atoms with van der Waals surface area (Å²) in [7, 11) is 0. The second-order valence-corrected chi connectivity index (χ2v) is 5.04. The van der Waals surface area contributed by atoms with Gasteiger partial charge in [0.2, 0.25) is 0 Å². The average molecular weight is 325 g/mol. The molecule has 0 saturated heterocycles. The van der Waals surface area contributed by atoms with Crippen LogP contribution in [0.4, 0.5) is 5.69 Å². The number of nitrogens with zero attached hydrogens (tertiary/aromatic N) is 1. The van der Waals surface area contributed by atoms with Crippen LogP contribution >= 0.6 is 23.2 Å². The van der Waals surface area contributed by atoms with Gasteiger partial charge >= 0.3 is 5.97 Å². The van der Waals surface area contributed by atoms with Crippen LogP contribution in [-0.2, 0) is 0 Å². The Morgan fingerprint density at radius 3 is 2.48 bits per heavy atom. The van der Waals surface area contributed by atoms with Crippen LogP contribution in [0.2, 0.25) is 10.0 Å². The van der Waals surface area contributed by atoms with Crippen molar-refractivity contribution in [3.63, 3.8) is 0 Å². The zero-order valence-corrected chi connectivity index (χ0v) is 12.4. The summed E-state index contributed by atoms with van der Waals surface area (Å²) in [5.41, 5.74) is 0.729. The molecule has 21 heavy (non-hydrogen) atoms. The third kappa shape index (κ3) is 3.32. The highest BCUT2D eigenvalue weighted by molar-refractivity contribution is 6.38. The van der Waals surface area contributed by atoms with Crippen LogP contribution in [0.1, 0.15) is 26.4 Å². The molecule has 0 atom stereocenters. The summed E-state index contributed by atoms with van der Waals surface area (Å²) in [5.74, 6) is -1.77. The molecule has 0 bridgehead atoms. The van der Waals surface area contributed by atoms with Gasteiger partial charge in [0.25, 0.3) is 5.91 Å². The van der Waals surface area contributed by atoms with Crippen molar-refractivity contribution in [1.82, 2.24) is 4.98 Å².